The van der Waals surface area contributed by atoms with E-state index in [0.717, 1.165) is 31.7 Å². The SMILES string of the molecule is O=C(N[C@@H](Cc1cccc(C(=O)O)c1O)B(O)O)c1cccc(CN2CCNCC2)c1. The van der Waals surface area contributed by atoms with Gasteiger partial charge in [0, 0.05) is 38.3 Å². The lowest BCUT2D eigenvalue weighted by Gasteiger charge is -2.27. The van der Waals surface area contributed by atoms with Crippen LogP contribution in [-0.2, 0) is 13.0 Å². The summed E-state index contributed by atoms with van der Waals surface area (Å²) in [4.78, 5) is 26.2. The number of carbonyl (C=O) groups excluding carboxylic acids is 1. The number of rotatable bonds is 8. The minimum Gasteiger partial charge on any atom is -0.507 e. The number of aromatic carboxylic acids is 1. The van der Waals surface area contributed by atoms with Gasteiger partial charge in [0.25, 0.3) is 5.91 Å². The van der Waals surface area contributed by atoms with Crippen LogP contribution in [0.15, 0.2) is 42.5 Å². The Morgan fingerprint density at radius 1 is 1.13 bits per heavy atom. The first kappa shape index (κ1) is 22.8. The van der Waals surface area contributed by atoms with Crippen LogP contribution in [0.5, 0.6) is 5.75 Å². The maximum absolute atomic E-state index is 12.7. The number of piperazine rings is 1. The predicted molar refractivity (Wildman–Crippen MR) is 115 cm³/mol. The molecule has 164 valence electrons. The number of hydrogen-bond donors (Lipinski definition) is 6. The highest BCUT2D eigenvalue weighted by atomic mass is 16.4. The third-order valence-corrected chi connectivity index (χ3v) is 5.27. The number of nitrogens with one attached hydrogen (secondary N) is 2. The standard InChI is InChI=1S/C21H26BN3O6/c26-19-15(4-2-6-17(19)21(28)29)12-18(22(30)31)24-20(27)16-5-1-3-14(11-16)13-25-9-7-23-8-10-25/h1-6,11,18,23,26,30-31H,7-10,12-13H2,(H,24,27)(H,28,29)/t18-/m0/s1. The summed E-state index contributed by atoms with van der Waals surface area (Å²) in [5, 5.41) is 44.6. The van der Waals surface area contributed by atoms with Crippen LogP contribution in [0, 0.1) is 0 Å². The number of carboxylic acid groups (broad SMARTS) is 1. The van der Waals surface area contributed by atoms with Gasteiger partial charge in [-0.3, -0.25) is 9.69 Å². The van der Waals surface area contributed by atoms with E-state index in [0.29, 0.717) is 12.1 Å². The Morgan fingerprint density at radius 2 is 1.84 bits per heavy atom. The Kier molecular flexibility index (Phi) is 7.64. The third-order valence-electron chi connectivity index (χ3n) is 5.27. The zero-order valence-electron chi connectivity index (χ0n) is 17.0. The summed E-state index contributed by atoms with van der Waals surface area (Å²) < 4.78 is 0. The van der Waals surface area contributed by atoms with Gasteiger partial charge in [-0.2, -0.15) is 0 Å². The molecule has 0 unspecified atom stereocenters. The zero-order chi connectivity index (χ0) is 22.4. The highest BCUT2D eigenvalue weighted by Crippen LogP contribution is 2.24. The van der Waals surface area contributed by atoms with Crippen LogP contribution in [0.1, 0.15) is 31.8 Å². The maximum Gasteiger partial charge on any atom is 0.475 e. The van der Waals surface area contributed by atoms with Crippen LogP contribution in [0.4, 0.5) is 0 Å². The fourth-order valence-corrected chi connectivity index (χ4v) is 3.59. The number of phenols is 1. The van der Waals surface area contributed by atoms with Gasteiger partial charge in [-0.05, 0) is 35.7 Å². The fourth-order valence-electron chi connectivity index (χ4n) is 3.59. The molecule has 1 saturated heterocycles. The molecule has 1 aliphatic heterocycles. The topological polar surface area (TPSA) is 142 Å². The van der Waals surface area contributed by atoms with Crippen molar-refractivity contribution >= 4 is 19.0 Å². The molecule has 0 aromatic heterocycles. The highest BCUT2D eigenvalue weighted by Gasteiger charge is 2.28. The van der Waals surface area contributed by atoms with Crippen LogP contribution >= 0.6 is 0 Å². The number of aromatic hydroxyl groups is 1. The summed E-state index contributed by atoms with van der Waals surface area (Å²) in [7, 11) is -1.90. The van der Waals surface area contributed by atoms with Crippen molar-refractivity contribution in [1.29, 1.82) is 0 Å². The lowest BCUT2D eigenvalue weighted by Crippen LogP contribution is -2.48. The van der Waals surface area contributed by atoms with Crippen LogP contribution < -0.4 is 10.6 Å². The van der Waals surface area contributed by atoms with E-state index >= 15 is 0 Å². The van der Waals surface area contributed by atoms with Crippen molar-refractivity contribution in [3.63, 3.8) is 0 Å². The van der Waals surface area contributed by atoms with Crippen molar-refractivity contribution in [3.8, 4) is 5.75 Å². The smallest absolute Gasteiger partial charge is 0.475 e. The van der Waals surface area contributed by atoms with Crippen molar-refractivity contribution in [2.24, 2.45) is 0 Å². The molecular formula is C21H26BN3O6. The normalized spacial score (nSPS) is 15.3. The van der Waals surface area contributed by atoms with E-state index in [2.05, 4.69) is 15.5 Å². The molecule has 0 aliphatic carbocycles. The summed E-state index contributed by atoms with van der Waals surface area (Å²) in [6.45, 7) is 4.41. The molecule has 6 N–H and O–H groups in total. The van der Waals surface area contributed by atoms with Crippen molar-refractivity contribution in [3.05, 3.63) is 64.7 Å². The summed E-state index contributed by atoms with van der Waals surface area (Å²) >= 11 is 0. The second-order valence-corrected chi connectivity index (χ2v) is 7.54. The molecular weight excluding hydrogens is 401 g/mol. The molecule has 1 aliphatic rings. The number of benzene rings is 2. The number of nitrogens with zero attached hydrogens (tertiary/aromatic N) is 1. The van der Waals surface area contributed by atoms with Crippen LogP contribution in [0.2, 0.25) is 0 Å². The molecule has 31 heavy (non-hydrogen) atoms. The van der Waals surface area contributed by atoms with Crippen molar-refractivity contribution in [1.82, 2.24) is 15.5 Å². The van der Waals surface area contributed by atoms with Gasteiger partial charge in [-0.25, -0.2) is 4.79 Å². The van der Waals surface area contributed by atoms with Gasteiger partial charge >= 0.3 is 13.1 Å². The quantitative estimate of drug-likeness (QED) is 0.320. The van der Waals surface area contributed by atoms with Gasteiger partial charge in [0.2, 0.25) is 0 Å². The fraction of sp³-hybridized carbons (Fsp3) is 0.333. The first-order chi connectivity index (χ1) is 14.8. The van der Waals surface area contributed by atoms with E-state index < -0.39 is 30.7 Å². The zero-order valence-corrected chi connectivity index (χ0v) is 17.0. The lowest BCUT2D eigenvalue weighted by molar-refractivity contribution is 0.0693. The summed E-state index contributed by atoms with van der Waals surface area (Å²) in [6, 6.07) is 11.3. The lowest BCUT2D eigenvalue weighted by atomic mass is 9.75. The van der Waals surface area contributed by atoms with E-state index in [-0.39, 0.29) is 17.5 Å². The molecule has 1 atom stereocenters. The molecule has 3 rings (SSSR count). The van der Waals surface area contributed by atoms with Crippen molar-refractivity contribution < 1.29 is 29.9 Å². The second-order valence-electron chi connectivity index (χ2n) is 7.54. The minimum atomic E-state index is -1.90. The summed E-state index contributed by atoms with van der Waals surface area (Å²) in [5.74, 6) is -3.40. The molecule has 1 fully saturated rings. The monoisotopic (exact) mass is 427 g/mol. The molecule has 1 amide bonds. The van der Waals surface area contributed by atoms with Gasteiger partial charge in [0.1, 0.15) is 11.3 Å². The van der Waals surface area contributed by atoms with E-state index in [1.807, 2.05) is 6.07 Å². The summed E-state index contributed by atoms with van der Waals surface area (Å²) in [6.07, 6.45) is -0.156. The largest absolute Gasteiger partial charge is 0.507 e. The van der Waals surface area contributed by atoms with E-state index in [1.54, 1.807) is 18.2 Å². The van der Waals surface area contributed by atoms with Crippen LogP contribution in [-0.4, -0.2) is 76.3 Å². The Bertz CT molecular complexity index is 933. The molecule has 10 heteroatoms. The molecule has 1 heterocycles. The average Bonchev–Trinajstić information content (AvgIpc) is 2.75. The molecule has 0 bridgehead atoms. The van der Waals surface area contributed by atoms with Crippen LogP contribution in [0.3, 0.4) is 0 Å². The highest BCUT2D eigenvalue weighted by molar-refractivity contribution is 6.43. The van der Waals surface area contributed by atoms with Gasteiger partial charge in [0.05, 0.1) is 5.94 Å². The molecule has 0 spiro atoms. The minimum absolute atomic E-state index is 0.156. The van der Waals surface area contributed by atoms with Gasteiger partial charge < -0.3 is 30.9 Å². The first-order valence-corrected chi connectivity index (χ1v) is 10.1. The van der Waals surface area contributed by atoms with Crippen molar-refractivity contribution in [2.45, 2.75) is 18.9 Å². The molecule has 2 aromatic rings. The van der Waals surface area contributed by atoms with E-state index in [9.17, 15) is 24.7 Å². The predicted octanol–water partition coefficient (Wildman–Crippen LogP) is -0.151. The molecule has 2 aromatic carbocycles. The number of para-hydroxylation sites is 1. The van der Waals surface area contributed by atoms with Gasteiger partial charge in [0.15, 0.2) is 0 Å². The Morgan fingerprint density at radius 3 is 2.52 bits per heavy atom. The average molecular weight is 427 g/mol. The Balaban J connectivity index is 1.70. The van der Waals surface area contributed by atoms with Crippen molar-refractivity contribution in [2.75, 3.05) is 26.2 Å². The van der Waals surface area contributed by atoms with E-state index in [1.165, 1.54) is 18.2 Å². The van der Waals surface area contributed by atoms with Gasteiger partial charge in [-0.1, -0.05) is 24.3 Å². The Hall–Kier alpha value is -2.92. The second kappa shape index (κ2) is 10.4. The number of carboxylic acids is 1. The Labute approximate surface area is 180 Å². The maximum atomic E-state index is 12.7. The number of amides is 1. The first-order valence-electron chi connectivity index (χ1n) is 10.1. The summed E-state index contributed by atoms with van der Waals surface area (Å²) in [5.41, 5.74) is 1.24. The molecule has 9 nitrogen and oxygen atoms in total. The third kappa shape index (κ3) is 6.05. The van der Waals surface area contributed by atoms with Gasteiger partial charge in [-0.15, -0.1) is 0 Å². The molecule has 0 radical (unpaired) electrons. The number of hydrogen-bond acceptors (Lipinski definition) is 7. The number of carbonyl (C=O) groups is 2. The molecule has 0 saturated carbocycles. The van der Waals surface area contributed by atoms with Crippen LogP contribution in [0.25, 0.3) is 0 Å². The van der Waals surface area contributed by atoms with E-state index in [4.69, 9.17) is 5.11 Å².